The average molecular weight is 163 g/mol. The van der Waals surface area contributed by atoms with Crippen LogP contribution < -0.4 is 0 Å². The fraction of sp³-hybridized carbons (Fsp3) is 0.143. The van der Waals surface area contributed by atoms with Crippen LogP contribution in [0.3, 0.4) is 0 Å². The molecular weight excluding hydrogens is 158 g/mol. The number of nitriles is 1. The number of aromatic nitrogens is 2. The van der Waals surface area contributed by atoms with E-state index in [9.17, 15) is 0 Å². The van der Waals surface area contributed by atoms with E-state index in [0.717, 1.165) is 16.2 Å². The summed E-state index contributed by atoms with van der Waals surface area (Å²) in [6.45, 7) is 0. The van der Waals surface area contributed by atoms with Crippen LogP contribution in [-0.2, 0) is 6.42 Å². The number of nitrogens with one attached hydrogen (secondary N) is 1. The van der Waals surface area contributed by atoms with E-state index in [0.29, 0.717) is 6.42 Å². The average Bonchev–Trinajstić information content (AvgIpc) is 2.46. The molecule has 2 heterocycles. The van der Waals surface area contributed by atoms with Gasteiger partial charge in [0.2, 0.25) is 0 Å². The van der Waals surface area contributed by atoms with Crippen molar-refractivity contribution in [1.29, 1.82) is 5.26 Å². The highest BCUT2D eigenvalue weighted by atomic mass is 32.1. The van der Waals surface area contributed by atoms with Crippen LogP contribution in [0, 0.1) is 11.3 Å². The largest absolute Gasteiger partial charge is 0.340 e. The van der Waals surface area contributed by atoms with Crippen molar-refractivity contribution in [1.82, 2.24) is 9.97 Å². The molecule has 0 atom stereocenters. The smallest absolute Gasteiger partial charge is 0.141 e. The molecule has 2 rings (SSSR count). The summed E-state index contributed by atoms with van der Waals surface area (Å²) in [5.74, 6) is 0.759. The third-order valence-electron chi connectivity index (χ3n) is 1.41. The first kappa shape index (κ1) is 6.38. The van der Waals surface area contributed by atoms with E-state index in [-0.39, 0.29) is 0 Å². The lowest BCUT2D eigenvalue weighted by atomic mass is 10.5. The molecule has 0 aliphatic rings. The van der Waals surface area contributed by atoms with Crippen LogP contribution in [0.1, 0.15) is 5.82 Å². The van der Waals surface area contributed by atoms with Crippen molar-refractivity contribution in [3.63, 3.8) is 0 Å². The Morgan fingerprint density at radius 2 is 2.64 bits per heavy atom. The van der Waals surface area contributed by atoms with Gasteiger partial charge < -0.3 is 4.98 Å². The SMILES string of the molecule is N#CCc1nc2sccc2[nH]1. The highest BCUT2D eigenvalue weighted by Crippen LogP contribution is 2.17. The molecule has 3 nitrogen and oxygen atoms in total. The van der Waals surface area contributed by atoms with E-state index < -0.39 is 0 Å². The molecule has 0 amide bonds. The highest BCUT2D eigenvalue weighted by Gasteiger charge is 2.01. The molecule has 0 spiro atoms. The molecule has 0 bridgehead atoms. The quantitative estimate of drug-likeness (QED) is 0.695. The van der Waals surface area contributed by atoms with Gasteiger partial charge in [-0.05, 0) is 11.4 Å². The number of imidazole rings is 1. The molecule has 0 unspecified atom stereocenters. The minimum absolute atomic E-state index is 0.363. The van der Waals surface area contributed by atoms with E-state index in [2.05, 4.69) is 9.97 Å². The summed E-state index contributed by atoms with van der Waals surface area (Å²) in [5, 5.41) is 10.4. The van der Waals surface area contributed by atoms with Gasteiger partial charge in [-0.15, -0.1) is 11.3 Å². The maximum absolute atomic E-state index is 8.38. The van der Waals surface area contributed by atoms with Gasteiger partial charge in [0.1, 0.15) is 10.7 Å². The predicted molar refractivity (Wildman–Crippen MR) is 43.3 cm³/mol. The van der Waals surface area contributed by atoms with Gasteiger partial charge in [-0.3, -0.25) is 0 Å². The van der Waals surface area contributed by atoms with Crippen molar-refractivity contribution in [3.8, 4) is 6.07 Å². The zero-order valence-electron chi connectivity index (χ0n) is 5.66. The van der Waals surface area contributed by atoms with E-state index >= 15 is 0 Å². The van der Waals surface area contributed by atoms with Crippen LogP contribution in [-0.4, -0.2) is 9.97 Å². The molecule has 0 aliphatic heterocycles. The van der Waals surface area contributed by atoms with Crippen LogP contribution >= 0.6 is 11.3 Å². The molecule has 0 saturated heterocycles. The minimum atomic E-state index is 0.363. The maximum Gasteiger partial charge on any atom is 0.141 e. The monoisotopic (exact) mass is 163 g/mol. The lowest BCUT2D eigenvalue weighted by Gasteiger charge is -1.79. The van der Waals surface area contributed by atoms with E-state index in [1.165, 1.54) is 0 Å². The van der Waals surface area contributed by atoms with Gasteiger partial charge in [0.15, 0.2) is 0 Å². The molecule has 0 fully saturated rings. The zero-order chi connectivity index (χ0) is 7.68. The Kier molecular flexibility index (Phi) is 1.37. The summed E-state index contributed by atoms with van der Waals surface area (Å²) in [6, 6.07) is 4.01. The molecule has 11 heavy (non-hydrogen) atoms. The van der Waals surface area contributed by atoms with Crippen LogP contribution in [0.25, 0.3) is 10.3 Å². The van der Waals surface area contributed by atoms with Crippen LogP contribution in [0.4, 0.5) is 0 Å². The minimum Gasteiger partial charge on any atom is -0.340 e. The number of fused-ring (bicyclic) bond motifs is 1. The number of hydrogen-bond donors (Lipinski definition) is 1. The first-order valence-corrected chi connectivity index (χ1v) is 4.07. The van der Waals surface area contributed by atoms with Gasteiger partial charge in [-0.1, -0.05) is 0 Å². The Morgan fingerprint density at radius 1 is 1.73 bits per heavy atom. The van der Waals surface area contributed by atoms with Gasteiger partial charge in [-0.25, -0.2) is 4.98 Å². The second kappa shape index (κ2) is 2.36. The second-order valence-corrected chi connectivity index (χ2v) is 3.05. The first-order chi connectivity index (χ1) is 5.40. The number of H-pyrrole nitrogens is 1. The molecule has 1 N–H and O–H groups in total. The topological polar surface area (TPSA) is 52.5 Å². The molecule has 2 aromatic heterocycles. The Morgan fingerprint density at radius 3 is 3.36 bits per heavy atom. The lowest BCUT2D eigenvalue weighted by molar-refractivity contribution is 1.08. The van der Waals surface area contributed by atoms with Gasteiger partial charge >= 0.3 is 0 Å². The zero-order valence-corrected chi connectivity index (χ0v) is 6.48. The number of rotatable bonds is 1. The van der Waals surface area contributed by atoms with Crippen LogP contribution in [0.5, 0.6) is 0 Å². The van der Waals surface area contributed by atoms with Gasteiger partial charge in [0.05, 0.1) is 18.0 Å². The van der Waals surface area contributed by atoms with Crippen molar-refractivity contribution in [2.24, 2.45) is 0 Å². The van der Waals surface area contributed by atoms with Gasteiger partial charge in [-0.2, -0.15) is 5.26 Å². The third kappa shape index (κ3) is 0.994. The number of aromatic amines is 1. The lowest BCUT2D eigenvalue weighted by Crippen LogP contribution is -1.82. The molecule has 2 aromatic rings. The highest BCUT2D eigenvalue weighted by molar-refractivity contribution is 7.16. The number of hydrogen-bond acceptors (Lipinski definition) is 3. The molecule has 4 heteroatoms. The van der Waals surface area contributed by atoms with Crippen molar-refractivity contribution < 1.29 is 0 Å². The standard InChI is InChI=1S/C7H5N3S/c8-3-1-6-9-5-2-4-11-7(5)10-6/h2,4H,1H2,(H,9,10). The predicted octanol–water partition coefficient (Wildman–Crippen LogP) is 1.69. The summed E-state index contributed by atoms with van der Waals surface area (Å²) >= 11 is 1.58. The van der Waals surface area contributed by atoms with E-state index in [1.54, 1.807) is 11.3 Å². The molecule has 54 valence electrons. The first-order valence-electron chi connectivity index (χ1n) is 3.19. The Labute approximate surface area is 67.3 Å². The molecule has 0 radical (unpaired) electrons. The summed E-state index contributed by atoms with van der Waals surface area (Å²) in [4.78, 5) is 8.24. The van der Waals surface area contributed by atoms with Crippen LogP contribution in [0.15, 0.2) is 11.4 Å². The fourth-order valence-electron chi connectivity index (χ4n) is 0.948. The Bertz CT molecular complexity index is 378. The van der Waals surface area contributed by atoms with Crippen molar-refractivity contribution in [2.75, 3.05) is 0 Å². The summed E-state index contributed by atoms with van der Waals surface area (Å²) in [5.41, 5.74) is 1.03. The van der Waals surface area contributed by atoms with E-state index in [1.807, 2.05) is 17.5 Å². The molecule has 0 aromatic carbocycles. The van der Waals surface area contributed by atoms with Crippen molar-refractivity contribution >= 4 is 21.7 Å². The molecular formula is C7H5N3S. The molecule has 0 saturated carbocycles. The van der Waals surface area contributed by atoms with Crippen LogP contribution in [0.2, 0.25) is 0 Å². The normalized spacial score (nSPS) is 10.1. The fourth-order valence-corrected chi connectivity index (χ4v) is 1.69. The Hall–Kier alpha value is -1.34. The maximum atomic E-state index is 8.38. The Balaban J connectivity index is 2.52. The second-order valence-electron chi connectivity index (χ2n) is 2.16. The van der Waals surface area contributed by atoms with Crippen molar-refractivity contribution in [2.45, 2.75) is 6.42 Å². The van der Waals surface area contributed by atoms with E-state index in [4.69, 9.17) is 5.26 Å². The number of thiophene rings is 1. The molecule has 0 aliphatic carbocycles. The summed E-state index contributed by atoms with van der Waals surface area (Å²) in [6.07, 6.45) is 0.363. The summed E-state index contributed by atoms with van der Waals surface area (Å²) in [7, 11) is 0. The number of nitrogens with zero attached hydrogens (tertiary/aromatic N) is 2. The van der Waals surface area contributed by atoms with Gasteiger partial charge in [0.25, 0.3) is 0 Å². The third-order valence-corrected chi connectivity index (χ3v) is 2.21. The van der Waals surface area contributed by atoms with Crippen molar-refractivity contribution in [3.05, 3.63) is 17.3 Å². The summed E-state index contributed by atoms with van der Waals surface area (Å²) < 4.78 is 0. The van der Waals surface area contributed by atoms with Gasteiger partial charge in [0, 0.05) is 0 Å².